The van der Waals surface area contributed by atoms with Gasteiger partial charge in [0, 0.05) is 11.4 Å². The Morgan fingerprint density at radius 1 is 1.35 bits per heavy atom. The largest absolute Gasteiger partial charge is 0.479 e. The summed E-state index contributed by atoms with van der Waals surface area (Å²) in [6.45, 7) is 0. The van der Waals surface area contributed by atoms with Gasteiger partial charge >= 0.3 is 5.97 Å². The molecule has 0 saturated carbocycles. The SMILES string of the molecule is O=C(CBr)Cc1cc(Cl)cc(C(O)C(=O)O)c1. The van der Waals surface area contributed by atoms with Crippen LogP contribution in [0.15, 0.2) is 18.2 Å². The fourth-order valence-electron chi connectivity index (χ4n) is 1.35. The van der Waals surface area contributed by atoms with Crippen LogP contribution in [0.3, 0.4) is 0 Å². The molecule has 2 N–H and O–H groups in total. The molecule has 0 spiro atoms. The van der Waals surface area contributed by atoms with Crippen LogP contribution in [0.1, 0.15) is 17.2 Å². The van der Waals surface area contributed by atoms with E-state index in [4.69, 9.17) is 16.7 Å². The highest BCUT2D eigenvalue weighted by Crippen LogP contribution is 2.21. The van der Waals surface area contributed by atoms with Crippen LogP contribution in [0, 0.1) is 0 Å². The van der Waals surface area contributed by atoms with Crippen LogP contribution in [0.4, 0.5) is 0 Å². The van der Waals surface area contributed by atoms with Gasteiger partial charge in [0.25, 0.3) is 0 Å². The van der Waals surface area contributed by atoms with Gasteiger partial charge in [-0.1, -0.05) is 33.6 Å². The number of alkyl halides is 1. The van der Waals surface area contributed by atoms with Crippen molar-refractivity contribution in [2.75, 3.05) is 5.33 Å². The summed E-state index contributed by atoms with van der Waals surface area (Å²) < 4.78 is 0. The zero-order valence-electron chi connectivity index (χ0n) is 8.69. The second-order valence-corrected chi connectivity index (χ2v) is 4.48. The Balaban J connectivity index is 3.01. The normalized spacial score (nSPS) is 12.2. The van der Waals surface area contributed by atoms with Gasteiger partial charge in [0.2, 0.25) is 0 Å². The standard InChI is InChI=1S/C11H10BrClO4/c12-5-9(14)3-6-1-7(4-8(13)2-6)10(15)11(16)17/h1-2,4,10,15H,3,5H2,(H,16,17). The molecule has 0 bridgehead atoms. The summed E-state index contributed by atoms with van der Waals surface area (Å²) in [5, 5.41) is 18.6. The zero-order valence-corrected chi connectivity index (χ0v) is 11.0. The number of hydrogen-bond acceptors (Lipinski definition) is 3. The topological polar surface area (TPSA) is 74.6 Å². The van der Waals surface area contributed by atoms with Crippen LogP contribution in [0.25, 0.3) is 0 Å². The first-order chi connectivity index (χ1) is 7.93. The van der Waals surface area contributed by atoms with Crippen molar-refractivity contribution in [1.29, 1.82) is 0 Å². The van der Waals surface area contributed by atoms with Gasteiger partial charge in [-0.3, -0.25) is 4.79 Å². The summed E-state index contributed by atoms with van der Waals surface area (Å²) in [5.74, 6) is -1.41. The number of carbonyl (C=O) groups is 2. The molecule has 0 aromatic heterocycles. The number of halogens is 2. The van der Waals surface area contributed by atoms with E-state index < -0.39 is 12.1 Å². The Kier molecular flexibility index (Phi) is 5.11. The molecule has 0 heterocycles. The number of rotatable bonds is 5. The molecule has 17 heavy (non-hydrogen) atoms. The Hall–Kier alpha value is -0.910. The van der Waals surface area contributed by atoms with E-state index in [1.54, 1.807) is 6.07 Å². The molecule has 6 heteroatoms. The molecule has 0 radical (unpaired) electrons. The van der Waals surface area contributed by atoms with Crippen molar-refractivity contribution in [3.63, 3.8) is 0 Å². The quantitative estimate of drug-likeness (QED) is 0.813. The summed E-state index contributed by atoms with van der Waals surface area (Å²) in [6, 6.07) is 4.40. The molecule has 1 atom stereocenters. The number of carboxylic acids is 1. The van der Waals surface area contributed by atoms with E-state index in [0.29, 0.717) is 10.6 Å². The average Bonchev–Trinajstić information content (AvgIpc) is 2.26. The predicted octanol–water partition coefficient (Wildman–Crippen LogP) is 1.96. The molecular formula is C11H10BrClO4. The van der Waals surface area contributed by atoms with Crippen molar-refractivity contribution >= 4 is 39.3 Å². The Morgan fingerprint density at radius 3 is 2.53 bits per heavy atom. The van der Waals surface area contributed by atoms with Gasteiger partial charge in [-0.05, 0) is 23.3 Å². The Morgan fingerprint density at radius 2 is 2.00 bits per heavy atom. The molecule has 0 saturated heterocycles. The van der Waals surface area contributed by atoms with Gasteiger partial charge in [-0.25, -0.2) is 4.79 Å². The first kappa shape index (κ1) is 14.2. The predicted molar refractivity (Wildman–Crippen MR) is 66.6 cm³/mol. The minimum absolute atomic E-state index is 0.0527. The lowest BCUT2D eigenvalue weighted by Gasteiger charge is -2.08. The molecule has 0 aliphatic carbocycles. The third-order valence-electron chi connectivity index (χ3n) is 2.08. The number of ketones is 1. The van der Waals surface area contributed by atoms with Gasteiger partial charge < -0.3 is 10.2 Å². The molecule has 1 aromatic carbocycles. The molecule has 1 unspecified atom stereocenters. The second kappa shape index (κ2) is 6.14. The summed E-state index contributed by atoms with van der Waals surface area (Å²) >= 11 is 8.83. The van der Waals surface area contributed by atoms with Crippen LogP contribution < -0.4 is 0 Å². The Labute approximate surface area is 111 Å². The smallest absolute Gasteiger partial charge is 0.337 e. The van der Waals surface area contributed by atoms with Gasteiger partial charge in [-0.15, -0.1) is 0 Å². The van der Waals surface area contributed by atoms with E-state index >= 15 is 0 Å². The maximum atomic E-state index is 11.2. The minimum Gasteiger partial charge on any atom is -0.479 e. The van der Waals surface area contributed by atoms with E-state index in [2.05, 4.69) is 15.9 Å². The monoisotopic (exact) mass is 320 g/mol. The second-order valence-electron chi connectivity index (χ2n) is 3.48. The van der Waals surface area contributed by atoms with Gasteiger partial charge in [-0.2, -0.15) is 0 Å². The number of aliphatic carboxylic acids is 1. The van der Waals surface area contributed by atoms with Crippen molar-refractivity contribution in [3.05, 3.63) is 34.3 Å². The summed E-state index contributed by atoms with van der Waals surface area (Å²) in [6.07, 6.45) is -1.49. The fraction of sp³-hybridized carbons (Fsp3) is 0.273. The first-order valence-corrected chi connectivity index (χ1v) is 6.22. The average molecular weight is 322 g/mol. The lowest BCUT2D eigenvalue weighted by Crippen LogP contribution is -2.11. The zero-order chi connectivity index (χ0) is 13.0. The van der Waals surface area contributed by atoms with E-state index in [9.17, 15) is 14.7 Å². The van der Waals surface area contributed by atoms with Gasteiger partial charge in [0.1, 0.15) is 5.78 Å². The molecular weight excluding hydrogens is 311 g/mol. The molecule has 0 amide bonds. The lowest BCUT2D eigenvalue weighted by molar-refractivity contribution is -0.146. The molecule has 0 aliphatic rings. The van der Waals surface area contributed by atoms with Crippen LogP contribution in [0.5, 0.6) is 0 Å². The summed E-state index contributed by atoms with van der Waals surface area (Å²) in [4.78, 5) is 21.9. The van der Waals surface area contributed by atoms with Crippen LogP contribution >= 0.6 is 27.5 Å². The van der Waals surface area contributed by atoms with Crippen molar-refractivity contribution in [3.8, 4) is 0 Å². The molecule has 1 rings (SSSR count). The number of Topliss-reactive ketones (excluding diaryl/α,β-unsaturated/α-hetero) is 1. The molecule has 0 fully saturated rings. The minimum atomic E-state index is -1.63. The van der Waals surface area contributed by atoms with E-state index in [0.717, 1.165) is 0 Å². The highest BCUT2D eigenvalue weighted by molar-refractivity contribution is 9.09. The lowest BCUT2D eigenvalue weighted by atomic mass is 10.0. The first-order valence-electron chi connectivity index (χ1n) is 4.72. The molecule has 92 valence electrons. The molecule has 1 aromatic rings. The highest BCUT2D eigenvalue weighted by Gasteiger charge is 2.17. The van der Waals surface area contributed by atoms with Crippen molar-refractivity contribution in [1.82, 2.24) is 0 Å². The number of carbonyl (C=O) groups excluding carboxylic acids is 1. The number of aliphatic hydroxyl groups excluding tert-OH is 1. The van der Waals surface area contributed by atoms with Crippen molar-refractivity contribution in [2.45, 2.75) is 12.5 Å². The third-order valence-corrected chi connectivity index (χ3v) is 2.92. The maximum absolute atomic E-state index is 11.2. The van der Waals surface area contributed by atoms with E-state index in [1.807, 2.05) is 0 Å². The number of aliphatic hydroxyl groups is 1. The van der Waals surface area contributed by atoms with E-state index in [1.165, 1.54) is 12.1 Å². The third kappa shape index (κ3) is 4.11. The van der Waals surface area contributed by atoms with Crippen LogP contribution in [-0.4, -0.2) is 27.3 Å². The number of benzene rings is 1. The molecule has 4 nitrogen and oxygen atoms in total. The van der Waals surface area contributed by atoms with Crippen molar-refractivity contribution in [2.24, 2.45) is 0 Å². The van der Waals surface area contributed by atoms with Crippen molar-refractivity contribution < 1.29 is 19.8 Å². The van der Waals surface area contributed by atoms with E-state index in [-0.39, 0.29) is 23.1 Å². The van der Waals surface area contributed by atoms with Crippen LogP contribution in [0.2, 0.25) is 5.02 Å². The summed E-state index contributed by atoms with van der Waals surface area (Å²) in [5.41, 5.74) is 0.750. The fourth-order valence-corrected chi connectivity index (χ4v) is 1.82. The van der Waals surface area contributed by atoms with Crippen LogP contribution in [-0.2, 0) is 16.0 Å². The van der Waals surface area contributed by atoms with Gasteiger partial charge in [0.05, 0.1) is 5.33 Å². The highest BCUT2D eigenvalue weighted by atomic mass is 79.9. The molecule has 0 aliphatic heterocycles. The summed E-state index contributed by atoms with van der Waals surface area (Å²) in [7, 11) is 0. The maximum Gasteiger partial charge on any atom is 0.337 e. The number of hydrogen-bond donors (Lipinski definition) is 2. The number of carboxylic acid groups (broad SMARTS) is 1. The van der Waals surface area contributed by atoms with Gasteiger partial charge in [0.15, 0.2) is 6.10 Å². The Bertz CT molecular complexity index is 447.